The highest BCUT2D eigenvalue weighted by Crippen LogP contribution is 2.33. The fourth-order valence-corrected chi connectivity index (χ4v) is 2.85. The molecule has 3 rings (SSSR count). The zero-order chi connectivity index (χ0) is 18.4. The molecule has 3 aromatic carbocycles. The van der Waals surface area contributed by atoms with Crippen LogP contribution in [0.1, 0.15) is 18.1 Å². The van der Waals surface area contributed by atoms with Gasteiger partial charge in [0.05, 0.1) is 12.3 Å². The molecule has 26 heavy (non-hydrogen) atoms. The van der Waals surface area contributed by atoms with Gasteiger partial charge in [-0.25, -0.2) is 0 Å². The number of nitrogens with one attached hydrogen (secondary N) is 1. The Morgan fingerprint density at radius 3 is 1.92 bits per heavy atom. The summed E-state index contributed by atoms with van der Waals surface area (Å²) in [5.41, 5.74) is -0.304. The lowest BCUT2D eigenvalue weighted by Gasteiger charge is -2.28. The second kappa shape index (κ2) is 7.85. The molecule has 2 N–H and O–H groups in total. The van der Waals surface area contributed by atoms with E-state index in [1.54, 1.807) is 60.7 Å². The first-order chi connectivity index (χ1) is 12.7. The zero-order valence-corrected chi connectivity index (χ0v) is 14.6. The van der Waals surface area contributed by atoms with Crippen molar-refractivity contribution in [3.63, 3.8) is 0 Å². The molecule has 0 unspecified atom stereocenters. The minimum atomic E-state index is -1.82. The molecule has 4 nitrogen and oxygen atoms in total. The number of ether oxygens (including phenoxy) is 1. The maximum absolute atomic E-state index is 13.2. The first kappa shape index (κ1) is 17.7. The molecule has 132 valence electrons. The number of para-hydroxylation sites is 2. The normalized spacial score (nSPS) is 11.0. The SMILES string of the molecule is CCOc1ccccc1NC(=O)C(O)(c1ccccc1)c1ccccc1. The average Bonchev–Trinajstić information content (AvgIpc) is 2.70. The lowest BCUT2D eigenvalue weighted by molar-refractivity contribution is -0.131. The smallest absolute Gasteiger partial charge is 0.265 e. The molecule has 0 bridgehead atoms. The van der Waals surface area contributed by atoms with Crippen molar-refractivity contribution in [2.45, 2.75) is 12.5 Å². The molecule has 0 aliphatic heterocycles. The van der Waals surface area contributed by atoms with E-state index < -0.39 is 11.5 Å². The summed E-state index contributed by atoms with van der Waals surface area (Å²) in [4.78, 5) is 13.2. The van der Waals surface area contributed by atoms with Crippen molar-refractivity contribution in [3.8, 4) is 5.75 Å². The molecule has 0 fully saturated rings. The molecule has 3 aromatic rings. The van der Waals surface area contributed by atoms with Gasteiger partial charge in [-0.15, -0.1) is 0 Å². The summed E-state index contributed by atoms with van der Waals surface area (Å²) in [7, 11) is 0. The number of aliphatic hydroxyl groups is 1. The van der Waals surface area contributed by atoms with Crippen LogP contribution in [0.5, 0.6) is 5.75 Å². The van der Waals surface area contributed by atoms with Crippen molar-refractivity contribution in [1.82, 2.24) is 0 Å². The monoisotopic (exact) mass is 347 g/mol. The minimum Gasteiger partial charge on any atom is -0.492 e. The van der Waals surface area contributed by atoms with Gasteiger partial charge in [0.2, 0.25) is 0 Å². The van der Waals surface area contributed by atoms with E-state index in [1.807, 2.05) is 31.2 Å². The van der Waals surface area contributed by atoms with Crippen LogP contribution in [0.3, 0.4) is 0 Å². The molecule has 0 saturated carbocycles. The van der Waals surface area contributed by atoms with Crippen LogP contribution in [0.15, 0.2) is 84.9 Å². The zero-order valence-electron chi connectivity index (χ0n) is 14.6. The Morgan fingerprint density at radius 1 is 0.885 bits per heavy atom. The van der Waals surface area contributed by atoms with Crippen molar-refractivity contribution in [1.29, 1.82) is 0 Å². The summed E-state index contributed by atoms with van der Waals surface area (Å²) >= 11 is 0. The van der Waals surface area contributed by atoms with Gasteiger partial charge in [-0.3, -0.25) is 4.79 Å². The van der Waals surface area contributed by atoms with Gasteiger partial charge in [0.25, 0.3) is 5.91 Å². The third kappa shape index (κ3) is 3.46. The van der Waals surface area contributed by atoms with Gasteiger partial charge in [-0.1, -0.05) is 72.8 Å². The number of carbonyl (C=O) groups excluding carboxylic acids is 1. The molecule has 0 aliphatic rings. The number of hydrogen-bond acceptors (Lipinski definition) is 3. The largest absolute Gasteiger partial charge is 0.492 e. The predicted molar refractivity (Wildman–Crippen MR) is 102 cm³/mol. The molecule has 0 spiro atoms. The van der Waals surface area contributed by atoms with Crippen LogP contribution in [-0.4, -0.2) is 17.6 Å². The van der Waals surface area contributed by atoms with Gasteiger partial charge in [-0.05, 0) is 30.2 Å². The Hall–Kier alpha value is -3.11. The number of hydrogen-bond donors (Lipinski definition) is 2. The maximum Gasteiger partial charge on any atom is 0.265 e. The quantitative estimate of drug-likeness (QED) is 0.710. The molecule has 0 atom stereocenters. The van der Waals surface area contributed by atoms with Gasteiger partial charge in [0.15, 0.2) is 5.60 Å². The van der Waals surface area contributed by atoms with Crippen LogP contribution in [0.25, 0.3) is 0 Å². The van der Waals surface area contributed by atoms with Gasteiger partial charge in [0, 0.05) is 0 Å². The highest BCUT2D eigenvalue weighted by atomic mass is 16.5. The predicted octanol–water partition coefficient (Wildman–Crippen LogP) is 3.96. The molecule has 1 amide bonds. The Bertz CT molecular complexity index is 823. The molecule has 0 radical (unpaired) electrons. The van der Waals surface area contributed by atoms with Crippen LogP contribution in [-0.2, 0) is 10.4 Å². The van der Waals surface area contributed by atoms with E-state index in [0.29, 0.717) is 29.2 Å². The van der Waals surface area contributed by atoms with E-state index in [0.717, 1.165) is 0 Å². The van der Waals surface area contributed by atoms with Crippen LogP contribution in [0.4, 0.5) is 5.69 Å². The third-order valence-corrected chi connectivity index (χ3v) is 4.15. The van der Waals surface area contributed by atoms with Crippen LogP contribution in [0.2, 0.25) is 0 Å². The third-order valence-electron chi connectivity index (χ3n) is 4.15. The molecule has 0 aromatic heterocycles. The fourth-order valence-electron chi connectivity index (χ4n) is 2.85. The van der Waals surface area contributed by atoms with E-state index in [1.165, 1.54) is 0 Å². The van der Waals surface area contributed by atoms with Crippen molar-refractivity contribution >= 4 is 11.6 Å². The number of rotatable bonds is 6. The molecular formula is C22H21NO3. The molecule has 0 heterocycles. The summed E-state index contributed by atoms with van der Waals surface area (Å²) in [6.45, 7) is 2.36. The Balaban J connectivity index is 2.02. The molecule has 0 aliphatic carbocycles. The van der Waals surface area contributed by atoms with E-state index in [2.05, 4.69) is 5.32 Å². The number of benzene rings is 3. The van der Waals surface area contributed by atoms with Gasteiger partial charge in [-0.2, -0.15) is 0 Å². The first-order valence-corrected chi connectivity index (χ1v) is 8.53. The lowest BCUT2D eigenvalue weighted by atomic mass is 9.85. The van der Waals surface area contributed by atoms with Gasteiger partial charge < -0.3 is 15.2 Å². The van der Waals surface area contributed by atoms with E-state index in [-0.39, 0.29) is 0 Å². The van der Waals surface area contributed by atoms with E-state index in [4.69, 9.17) is 4.74 Å². The summed E-state index contributed by atoms with van der Waals surface area (Å²) in [6, 6.07) is 25.0. The Kier molecular flexibility index (Phi) is 5.34. The van der Waals surface area contributed by atoms with Crippen molar-refractivity contribution in [2.24, 2.45) is 0 Å². The summed E-state index contributed by atoms with van der Waals surface area (Å²) in [5.74, 6) is 0.0221. The molecule has 0 saturated heterocycles. The second-order valence-electron chi connectivity index (χ2n) is 5.83. The summed E-state index contributed by atoms with van der Waals surface area (Å²) < 4.78 is 5.57. The Morgan fingerprint density at radius 2 is 1.38 bits per heavy atom. The van der Waals surface area contributed by atoms with Crippen LogP contribution >= 0.6 is 0 Å². The van der Waals surface area contributed by atoms with Crippen molar-refractivity contribution in [2.75, 3.05) is 11.9 Å². The fraction of sp³-hybridized carbons (Fsp3) is 0.136. The Labute approximate surface area is 153 Å². The molecular weight excluding hydrogens is 326 g/mol. The summed E-state index contributed by atoms with van der Waals surface area (Å²) in [6.07, 6.45) is 0. The van der Waals surface area contributed by atoms with E-state index >= 15 is 0 Å². The van der Waals surface area contributed by atoms with Crippen molar-refractivity contribution in [3.05, 3.63) is 96.1 Å². The number of anilines is 1. The lowest BCUT2D eigenvalue weighted by Crippen LogP contribution is -2.41. The van der Waals surface area contributed by atoms with Crippen LogP contribution < -0.4 is 10.1 Å². The summed E-state index contributed by atoms with van der Waals surface area (Å²) in [5, 5.41) is 14.3. The molecule has 4 heteroatoms. The van der Waals surface area contributed by atoms with Crippen molar-refractivity contribution < 1.29 is 14.6 Å². The van der Waals surface area contributed by atoms with Gasteiger partial charge >= 0.3 is 0 Å². The maximum atomic E-state index is 13.2. The average molecular weight is 347 g/mol. The minimum absolute atomic E-state index is 0.481. The second-order valence-corrected chi connectivity index (χ2v) is 5.83. The van der Waals surface area contributed by atoms with Crippen LogP contribution in [0, 0.1) is 0 Å². The number of carbonyl (C=O) groups is 1. The van der Waals surface area contributed by atoms with Gasteiger partial charge in [0.1, 0.15) is 5.75 Å². The highest BCUT2D eigenvalue weighted by Gasteiger charge is 2.40. The standard InChI is InChI=1S/C22H21NO3/c1-2-26-20-16-10-9-15-19(20)23-21(24)22(25,17-11-5-3-6-12-17)18-13-7-4-8-14-18/h3-16,25H,2H2,1H3,(H,23,24). The topological polar surface area (TPSA) is 58.6 Å². The van der Waals surface area contributed by atoms with E-state index in [9.17, 15) is 9.90 Å². The number of amides is 1. The first-order valence-electron chi connectivity index (χ1n) is 8.53. The highest BCUT2D eigenvalue weighted by molar-refractivity contribution is 6.01.